The molecule has 1 saturated heterocycles. The number of hydrogen-bond donors (Lipinski definition) is 2. The number of nitrogens with zero attached hydrogens (tertiary/aromatic N) is 2. The van der Waals surface area contributed by atoms with Gasteiger partial charge in [0.25, 0.3) is 0 Å². The summed E-state index contributed by atoms with van der Waals surface area (Å²) in [6, 6.07) is 8.02. The predicted octanol–water partition coefficient (Wildman–Crippen LogP) is 0.342. The van der Waals surface area contributed by atoms with Gasteiger partial charge >= 0.3 is 0 Å². The van der Waals surface area contributed by atoms with E-state index in [4.69, 9.17) is 5.21 Å². The number of hydrogen-bond acceptors (Lipinski definition) is 5. The molecule has 122 valence electrons. The summed E-state index contributed by atoms with van der Waals surface area (Å²) in [4.78, 5) is 13.1. The molecular formula is C14H21N3O4S. The summed E-state index contributed by atoms with van der Waals surface area (Å²) < 4.78 is 25.7. The lowest BCUT2D eigenvalue weighted by Crippen LogP contribution is -2.49. The highest BCUT2D eigenvalue weighted by Crippen LogP contribution is 2.21. The summed E-state index contributed by atoms with van der Waals surface area (Å²) >= 11 is 0. The van der Waals surface area contributed by atoms with Crippen LogP contribution >= 0.6 is 0 Å². The molecule has 0 atom stereocenters. The van der Waals surface area contributed by atoms with Gasteiger partial charge in [0.05, 0.1) is 5.75 Å². The summed E-state index contributed by atoms with van der Waals surface area (Å²) in [6.07, 6.45) is -0.239. The van der Waals surface area contributed by atoms with Crippen molar-refractivity contribution in [3.05, 3.63) is 29.8 Å². The number of rotatable bonds is 5. The van der Waals surface area contributed by atoms with E-state index in [1.54, 1.807) is 0 Å². The lowest BCUT2D eigenvalue weighted by molar-refractivity contribution is -0.128. The molecule has 0 spiro atoms. The Morgan fingerprint density at radius 3 is 2.45 bits per heavy atom. The Kier molecular flexibility index (Phi) is 5.38. The van der Waals surface area contributed by atoms with E-state index in [-0.39, 0.29) is 12.2 Å². The van der Waals surface area contributed by atoms with Gasteiger partial charge in [-0.15, -0.1) is 0 Å². The van der Waals surface area contributed by atoms with Gasteiger partial charge in [0.1, 0.15) is 0 Å². The maximum absolute atomic E-state index is 12.2. The van der Waals surface area contributed by atoms with E-state index in [0.717, 1.165) is 5.69 Å². The third-order valence-electron chi connectivity index (χ3n) is 3.80. The van der Waals surface area contributed by atoms with Crippen molar-refractivity contribution >= 4 is 21.6 Å². The number of para-hydroxylation sites is 1. The van der Waals surface area contributed by atoms with E-state index in [0.29, 0.717) is 26.2 Å². The standard InChI is InChI=1S/C14H21N3O4S/c1-12-4-2-3-5-13(12)16-7-9-17(10-8-16)22(20,21)11-6-14(18)15-19/h2-5,19H,6-11H2,1H3,(H,15,18). The molecule has 1 aliphatic rings. The quantitative estimate of drug-likeness (QED) is 0.601. The molecule has 0 bridgehead atoms. The lowest BCUT2D eigenvalue weighted by atomic mass is 10.1. The van der Waals surface area contributed by atoms with E-state index in [1.165, 1.54) is 15.3 Å². The Hall–Kier alpha value is -1.64. The monoisotopic (exact) mass is 327 g/mol. The van der Waals surface area contributed by atoms with Gasteiger partial charge in [0.15, 0.2) is 0 Å². The molecule has 2 rings (SSSR count). The molecule has 0 unspecified atom stereocenters. The number of piperazine rings is 1. The molecular weight excluding hydrogens is 306 g/mol. The average Bonchev–Trinajstić information content (AvgIpc) is 2.53. The second-order valence-corrected chi connectivity index (χ2v) is 7.36. The molecule has 0 aromatic heterocycles. The maximum Gasteiger partial charge on any atom is 0.244 e. The van der Waals surface area contributed by atoms with Crippen LogP contribution in [0, 0.1) is 6.92 Å². The van der Waals surface area contributed by atoms with Gasteiger partial charge < -0.3 is 4.90 Å². The maximum atomic E-state index is 12.2. The number of carbonyl (C=O) groups is 1. The first-order valence-corrected chi connectivity index (χ1v) is 8.76. The largest absolute Gasteiger partial charge is 0.369 e. The molecule has 1 fully saturated rings. The lowest BCUT2D eigenvalue weighted by Gasteiger charge is -2.36. The fraction of sp³-hybridized carbons (Fsp3) is 0.500. The van der Waals surface area contributed by atoms with Crippen LogP contribution in [0.25, 0.3) is 0 Å². The predicted molar refractivity (Wildman–Crippen MR) is 83.3 cm³/mol. The van der Waals surface area contributed by atoms with Crippen LogP contribution in [-0.4, -0.2) is 55.8 Å². The second-order valence-electron chi connectivity index (χ2n) is 5.27. The van der Waals surface area contributed by atoms with Gasteiger partial charge in [0, 0.05) is 38.3 Å². The topological polar surface area (TPSA) is 90.0 Å². The van der Waals surface area contributed by atoms with E-state index >= 15 is 0 Å². The Labute approximate surface area is 130 Å². The third-order valence-corrected chi connectivity index (χ3v) is 5.67. The van der Waals surface area contributed by atoms with Gasteiger partial charge in [-0.3, -0.25) is 10.0 Å². The molecule has 1 aliphatic heterocycles. The van der Waals surface area contributed by atoms with Crippen LogP contribution in [-0.2, 0) is 14.8 Å². The number of hydroxylamine groups is 1. The van der Waals surface area contributed by atoms with Crippen molar-refractivity contribution in [2.75, 3.05) is 36.8 Å². The summed E-state index contributed by atoms with van der Waals surface area (Å²) in [7, 11) is -3.47. The highest BCUT2D eigenvalue weighted by molar-refractivity contribution is 7.89. The fourth-order valence-electron chi connectivity index (χ4n) is 2.53. The molecule has 1 aromatic carbocycles. The summed E-state index contributed by atoms with van der Waals surface area (Å²) in [5.41, 5.74) is 3.73. The minimum atomic E-state index is -3.47. The zero-order chi connectivity index (χ0) is 16.2. The normalized spacial score (nSPS) is 16.5. The summed E-state index contributed by atoms with van der Waals surface area (Å²) in [6.45, 7) is 4.08. The number of benzene rings is 1. The SMILES string of the molecule is Cc1ccccc1N1CCN(S(=O)(=O)CCC(=O)NO)CC1. The minimum Gasteiger partial charge on any atom is -0.369 e. The van der Waals surface area contributed by atoms with Gasteiger partial charge in [-0.25, -0.2) is 13.9 Å². The number of nitrogens with one attached hydrogen (secondary N) is 1. The third kappa shape index (κ3) is 3.96. The highest BCUT2D eigenvalue weighted by Gasteiger charge is 2.27. The van der Waals surface area contributed by atoms with Gasteiger partial charge in [0.2, 0.25) is 15.9 Å². The first kappa shape index (κ1) is 16.7. The van der Waals surface area contributed by atoms with E-state index < -0.39 is 15.9 Å². The fourth-order valence-corrected chi connectivity index (χ4v) is 3.95. The van der Waals surface area contributed by atoms with Crippen molar-refractivity contribution in [2.24, 2.45) is 0 Å². The van der Waals surface area contributed by atoms with E-state index in [9.17, 15) is 13.2 Å². The minimum absolute atomic E-state index is 0.239. The molecule has 8 heteroatoms. The van der Waals surface area contributed by atoms with Crippen LogP contribution in [0.5, 0.6) is 0 Å². The van der Waals surface area contributed by atoms with Crippen molar-refractivity contribution in [3.8, 4) is 0 Å². The molecule has 0 aliphatic carbocycles. The number of carbonyl (C=O) groups excluding carboxylic acids is 1. The van der Waals surface area contributed by atoms with Crippen molar-refractivity contribution < 1.29 is 18.4 Å². The Balaban J connectivity index is 1.94. The van der Waals surface area contributed by atoms with Crippen LogP contribution in [0.15, 0.2) is 24.3 Å². The highest BCUT2D eigenvalue weighted by atomic mass is 32.2. The first-order chi connectivity index (χ1) is 10.4. The number of anilines is 1. The first-order valence-electron chi connectivity index (χ1n) is 7.15. The number of aryl methyl sites for hydroxylation is 1. The molecule has 1 aromatic rings. The van der Waals surface area contributed by atoms with Crippen LogP contribution in [0.1, 0.15) is 12.0 Å². The zero-order valence-corrected chi connectivity index (χ0v) is 13.3. The molecule has 1 amide bonds. The Morgan fingerprint density at radius 2 is 1.86 bits per heavy atom. The molecule has 1 heterocycles. The second kappa shape index (κ2) is 7.08. The van der Waals surface area contributed by atoms with Crippen molar-refractivity contribution in [2.45, 2.75) is 13.3 Å². The van der Waals surface area contributed by atoms with Gasteiger partial charge in [-0.2, -0.15) is 4.31 Å². The molecule has 2 N–H and O–H groups in total. The summed E-state index contributed by atoms with van der Waals surface area (Å²) in [5.74, 6) is -0.980. The van der Waals surface area contributed by atoms with Crippen molar-refractivity contribution in [3.63, 3.8) is 0 Å². The molecule has 7 nitrogen and oxygen atoms in total. The number of amides is 1. The zero-order valence-electron chi connectivity index (χ0n) is 12.5. The van der Waals surface area contributed by atoms with Crippen molar-refractivity contribution in [1.29, 1.82) is 0 Å². The van der Waals surface area contributed by atoms with Crippen LogP contribution in [0.4, 0.5) is 5.69 Å². The van der Waals surface area contributed by atoms with Crippen molar-refractivity contribution in [1.82, 2.24) is 9.79 Å². The van der Waals surface area contributed by atoms with Gasteiger partial charge in [-0.1, -0.05) is 18.2 Å². The smallest absolute Gasteiger partial charge is 0.244 e. The van der Waals surface area contributed by atoms with Gasteiger partial charge in [-0.05, 0) is 18.6 Å². The number of sulfonamides is 1. The molecule has 0 saturated carbocycles. The Bertz CT molecular complexity index is 625. The van der Waals surface area contributed by atoms with E-state index in [1.807, 2.05) is 31.2 Å². The van der Waals surface area contributed by atoms with Crippen LogP contribution in [0.2, 0.25) is 0 Å². The average molecular weight is 327 g/mol. The molecule has 22 heavy (non-hydrogen) atoms. The van der Waals surface area contributed by atoms with Crippen LogP contribution in [0.3, 0.4) is 0 Å². The Morgan fingerprint density at radius 1 is 1.23 bits per heavy atom. The van der Waals surface area contributed by atoms with E-state index in [2.05, 4.69) is 4.90 Å². The summed E-state index contributed by atoms with van der Waals surface area (Å²) in [5, 5.41) is 8.41. The molecule has 0 radical (unpaired) electrons. The van der Waals surface area contributed by atoms with Crippen LogP contribution < -0.4 is 10.4 Å².